The fraction of sp³-hybridized carbons (Fsp3) is 0.294. The lowest BCUT2D eigenvalue weighted by atomic mass is 10.1. The lowest BCUT2D eigenvalue weighted by Crippen LogP contribution is -2.22. The topological polar surface area (TPSA) is 63.3 Å². The molecule has 4 nitrogen and oxygen atoms in total. The smallest absolute Gasteiger partial charge is 0.193 e. The van der Waals surface area contributed by atoms with Crippen LogP contribution in [0.3, 0.4) is 0 Å². The van der Waals surface area contributed by atoms with Gasteiger partial charge in [0.15, 0.2) is 5.96 Å². The Hall–Kier alpha value is -2.01. The average Bonchev–Trinajstić information content (AvgIpc) is 3.01. The van der Waals surface area contributed by atoms with Crippen molar-refractivity contribution in [2.75, 3.05) is 11.6 Å². The zero-order valence-electron chi connectivity index (χ0n) is 12.7. The van der Waals surface area contributed by atoms with Crippen LogP contribution in [0.2, 0.25) is 0 Å². The van der Waals surface area contributed by atoms with E-state index in [1.807, 2.05) is 18.4 Å². The fourth-order valence-corrected chi connectivity index (χ4v) is 3.11. The Kier molecular flexibility index (Phi) is 4.63. The van der Waals surface area contributed by atoms with E-state index in [1.54, 1.807) is 18.0 Å². The van der Waals surface area contributed by atoms with Crippen molar-refractivity contribution in [2.45, 2.75) is 30.8 Å². The highest BCUT2D eigenvalue weighted by Gasteiger charge is 2.10. The van der Waals surface area contributed by atoms with Crippen molar-refractivity contribution in [3.63, 3.8) is 0 Å². The number of aromatic nitrogens is 1. The normalized spacial score (nSPS) is 14.0. The van der Waals surface area contributed by atoms with Crippen molar-refractivity contribution in [3.8, 4) is 0 Å². The highest BCUT2D eigenvalue weighted by atomic mass is 32.2. The first-order valence-corrected chi connectivity index (χ1v) is 8.65. The van der Waals surface area contributed by atoms with E-state index in [0.29, 0.717) is 12.5 Å². The molecule has 1 aromatic heterocycles. The molecule has 0 bridgehead atoms. The number of guanidine groups is 1. The van der Waals surface area contributed by atoms with E-state index in [4.69, 9.17) is 5.73 Å². The number of anilines is 1. The monoisotopic (exact) mass is 312 g/mol. The number of aryl methyl sites for hydroxylation is 2. The molecule has 0 atom stereocenters. The Morgan fingerprint density at radius 2 is 2.14 bits per heavy atom. The van der Waals surface area contributed by atoms with Crippen molar-refractivity contribution in [2.24, 2.45) is 10.7 Å². The van der Waals surface area contributed by atoms with Crippen LogP contribution in [0, 0.1) is 0 Å². The van der Waals surface area contributed by atoms with Gasteiger partial charge in [-0.15, -0.1) is 11.8 Å². The first-order chi connectivity index (χ1) is 10.7. The minimum atomic E-state index is 0.445. The maximum atomic E-state index is 5.99. The fourth-order valence-electron chi connectivity index (χ4n) is 2.67. The molecule has 3 N–H and O–H groups in total. The number of hydrogen-bond donors (Lipinski definition) is 2. The first-order valence-electron chi connectivity index (χ1n) is 7.42. The number of thioether (sulfide) groups is 1. The van der Waals surface area contributed by atoms with Crippen LogP contribution in [0.25, 0.3) is 0 Å². The Balaban J connectivity index is 1.64. The van der Waals surface area contributed by atoms with Gasteiger partial charge in [0.1, 0.15) is 0 Å². The summed E-state index contributed by atoms with van der Waals surface area (Å²) in [5.41, 5.74) is 11.0. The lowest BCUT2D eigenvalue weighted by Gasteiger charge is -2.08. The van der Waals surface area contributed by atoms with Crippen molar-refractivity contribution >= 4 is 23.4 Å². The van der Waals surface area contributed by atoms with Gasteiger partial charge in [-0.25, -0.2) is 9.98 Å². The predicted molar refractivity (Wildman–Crippen MR) is 93.4 cm³/mol. The molecule has 1 aliphatic carbocycles. The standard InChI is InChI=1S/C17H20N4S/c1-22-16-9-12(7-8-19-16)11-20-17(18)21-15-6-5-13-3-2-4-14(13)10-15/h5-10H,2-4,11H2,1H3,(H3,18,20,21). The number of hydrogen-bond acceptors (Lipinski definition) is 3. The van der Waals surface area contributed by atoms with Gasteiger partial charge in [0, 0.05) is 11.9 Å². The molecule has 0 radical (unpaired) electrons. The molecule has 0 unspecified atom stereocenters. The molecule has 0 fully saturated rings. The van der Waals surface area contributed by atoms with Gasteiger partial charge >= 0.3 is 0 Å². The Morgan fingerprint density at radius 3 is 3.00 bits per heavy atom. The van der Waals surface area contributed by atoms with E-state index >= 15 is 0 Å². The van der Waals surface area contributed by atoms with Crippen LogP contribution in [0.4, 0.5) is 5.69 Å². The van der Waals surface area contributed by atoms with Gasteiger partial charge in [0.05, 0.1) is 11.6 Å². The molecule has 0 saturated carbocycles. The number of nitrogens with zero attached hydrogens (tertiary/aromatic N) is 2. The summed E-state index contributed by atoms with van der Waals surface area (Å²) in [5, 5.41) is 4.18. The summed E-state index contributed by atoms with van der Waals surface area (Å²) in [6, 6.07) is 10.4. The zero-order chi connectivity index (χ0) is 15.4. The quantitative estimate of drug-likeness (QED) is 0.517. The summed E-state index contributed by atoms with van der Waals surface area (Å²) in [6.07, 6.45) is 7.43. The van der Waals surface area contributed by atoms with E-state index in [1.165, 1.54) is 24.0 Å². The van der Waals surface area contributed by atoms with Crippen molar-refractivity contribution < 1.29 is 0 Å². The molecular weight excluding hydrogens is 292 g/mol. The number of nitrogens with two attached hydrogens (primary N) is 1. The van der Waals surface area contributed by atoms with Gasteiger partial charge in [-0.2, -0.15) is 0 Å². The van der Waals surface area contributed by atoms with E-state index in [0.717, 1.165) is 22.7 Å². The molecule has 0 amide bonds. The first kappa shape index (κ1) is 14.9. The van der Waals surface area contributed by atoms with Crippen LogP contribution in [-0.2, 0) is 19.4 Å². The Bertz CT molecular complexity index is 697. The molecule has 22 heavy (non-hydrogen) atoms. The van der Waals surface area contributed by atoms with Crippen LogP contribution in [0.15, 0.2) is 46.5 Å². The van der Waals surface area contributed by atoms with Crippen LogP contribution >= 0.6 is 11.8 Å². The van der Waals surface area contributed by atoms with Gasteiger partial charge in [-0.05, 0) is 66.5 Å². The third-order valence-electron chi connectivity index (χ3n) is 3.81. The minimum absolute atomic E-state index is 0.445. The SMILES string of the molecule is CSc1cc(CN=C(N)Nc2ccc3c(c2)CCC3)ccn1. The maximum Gasteiger partial charge on any atom is 0.193 e. The Labute approximate surface area is 135 Å². The van der Waals surface area contributed by atoms with Gasteiger partial charge in [-0.1, -0.05) is 6.07 Å². The summed E-state index contributed by atoms with van der Waals surface area (Å²) in [5.74, 6) is 0.445. The van der Waals surface area contributed by atoms with Crippen molar-refractivity contribution in [1.29, 1.82) is 0 Å². The van der Waals surface area contributed by atoms with E-state index in [-0.39, 0.29) is 0 Å². The maximum absolute atomic E-state index is 5.99. The molecule has 114 valence electrons. The van der Waals surface area contributed by atoms with E-state index in [2.05, 4.69) is 33.5 Å². The molecule has 1 aromatic carbocycles. The zero-order valence-corrected chi connectivity index (χ0v) is 13.5. The van der Waals surface area contributed by atoms with Crippen LogP contribution in [0.1, 0.15) is 23.1 Å². The van der Waals surface area contributed by atoms with Crippen LogP contribution in [-0.4, -0.2) is 17.2 Å². The van der Waals surface area contributed by atoms with Crippen LogP contribution in [0.5, 0.6) is 0 Å². The third-order valence-corrected chi connectivity index (χ3v) is 4.45. The number of rotatable bonds is 4. The predicted octanol–water partition coefficient (Wildman–Crippen LogP) is 3.22. The molecular formula is C17H20N4S. The van der Waals surface area contributed by atoms with Gasteiger partial charge in [0.2, 0.25) is 0 Å². The molecule has 1 aliphatic rings. The molecule has 3 rings (SSSR count). The number of pyridine rings is 1. The van der Waals surface area contributed by atoms with E-state index < -0.39 is 0 Å². The van der Waals surface area contributed by atoms with Gasteiger partial charge < -0.3 is 11.1 Å². The second-order valence-corrected chi connectivity index (χ2v) is 6.20. The number of nitrogens with one attached hydrogen (secondary N) is 1. The molecule has 0 aliphatic heterocycles. The second-order valence-electron chi connectivity index (χ2n) is 5.37. The van der Waals surface area contributed by atoms with Gasteiger partial charge in [-0.3, -0.25) is 0 Å². The summed E-state index contributed by atoms with van der Waals surface area (Å²) >= 11 is 1.62. The van der Waals surface area contributed by atoms with Crippen molar-refractivity contribution in [3.05, 3.63) is 53.2 Å². The second kappa shape index (κ2) is 6.83. The van der Waals surface area contributed by atoms with E-state index in [9.17, 15) is 0 Å². The third kappa shape index (κ3) is 3.60. The number of aliphatic imine (C=N–C) groups is 1. The largest absolute Gasteiger partial charge is 0.370 e. The van der Waals surface area contributed by atoms with Crippen LogP contribution < -0.4 is 11.1 Å². The summed E-state index contributed by atoms with van der Waals surface area (Å²) in [7, 11) is 0. The summed E-state index contributed by atoms with van der Waals surface area (Å²) in [6.45, 7) is 0.555. The number of benzene rings is 1. The Morgan fingerprint density at radius 1 is 1.27 bits per heavy atom. The lowest BCUT2D eigenvalue weighted by molar-refractivity contribution is 0.912. The molecule has 0 saturated heterocycles. The summed E-state index contributed by atoms with van der Waals surface area (Å²) < 4.78 is 0. The molecule has 0 spiro atoms. The van der Waals surface area contributed by atoms with Crippen molar-refractivity contribution in [1.82, 2.24) is 4.98 Å². The van der Waals surface area contributed by atoms with Gasteiger partial charge in [0.25, 0.3) is 0 Å². The molecule has 2 aromatic rings. The molecule has 5 heteroatoms. The molecule has 1 heterocycles. The highest BCUT2D eigenvalue weighted by molar-refractivity contribution is 7.98. The minimum Gasteiger partial charge on any atom is -0.370 e. The number of fused-ring (bicyclic) bond motifs is 1. The highest BCUT2D eigenvalue weighted by Crippen LogP contribution is 2.24. The average molecular weight is 312 g/mol. The summed E-state index contributed by atoms with van der Waals surface area (Å²) in [4.78, 5) is 8.66.